The maximum atomic E-state index is 3.95. The van der Waals surface area contributed by atoms with E-state index in [0.29, 0.717) is 0 Å². The van der Waals surface area contributed by atoms with Gasteiger partial charge in [0, 0.05) is 11.8 Å². The van der Waals surface area contributed by atoms with Crippen molar-refractivity contribution in [2.75, 3.05) is 13.1 Å². The van der Waals surface area contributed by atoms with Crippen LogP contribution >= 0.6 is 0 Å². The van der Waals surface area contributed by atoms with Crippen LogP contribution in [0.15, 0.2) is 0 Å². The van der Waals surface area contributed by atoms with Gasteiger partial charge in [0.1, 0.15) is 19.8 Å². The Morgan fingerprint density at radius 1 is 1.00 bits per heavy atom. The lowest BCUT2D eigenvalue weighted by molar-refractivity contribution is -0.531. The molecule has 0 aromatic heterocycles. The second-order valence-corrected chi connectivity index (χ2v) is 3.82. The molecule has 0 fully saturated rings. The van der Waals surface area contributed by atoms with E-state index in [1.165, 1.54) is 0 Å². The van der Waals surface area contributed by atoms with Crippen molar-refractivity contribution in [1.29, 1.82) is 0 Å². The minimum atomic E-state index is 0.733. The monoisotopic (exact) mass is 142 g/mol. The van der Waals surface area contributed by atoms with Crippen molar-refractivity contribution in [2.24, 2.45) is 11.8 Å². The fourth-order valence-electron chi connectivity index (χ4n) is 1.11. The molecular formula is C9H20N+. The molecule has 0 N–H and O–H groups in total. The number of nitrogens with zero attached hydrogens (tertiary/aromatic N) is 1. The summed E-state index contributed by atoms with van der Waals surface area (Å²) < 4.78 is 2.15. The van der Waals surface area contributed by atoms with Crippen LogP contribution in [0.2, 0.25) is 0 Å². The molecule has 0 aliphatic carbocycles. The molecule has 0 amide bonds. The molecule has 0 saturated carbocycles. The molecule has 0 rings (SSSR count). The van der Waals surface area contributed by atoms with Gasteiger partial charge in [-0.15, -0.1) is 0 Å². The zero-order valence-electron chi connectivity index (χ0n) is 7.72. The van der Waals surface area contributed by atoms with Gasteiger partial charge in [0.2, 0.25) is 0 Å². The first-order valence-electron chi connectivity index (χ1n) is 4.07. The Morgan fingerprint density at radius 3 is 1.50 bits per heavy atom. The van der Waals surface area contributed by atoms with Crippen molar-refractivity contribution in [2.45, 2.75) is 27.7 Å². The Balaban J connectivity index is 3.44. The minimum absolute atomic E-state index is 0.733. The van der Waals surface area contributed by atoms with Crippen LogP contribution in [0, 0.1) is 11.8 Å². The van der Waals surface area contributed by atoms with Crippen molar-refractivity contribution in [3.8, 4) is 0 Å². The van der Waals surface area contributed by atoms with Gasteiger partial charge in [-0.05, 0) is 0 Å². The highest BCUT2D eigenvalue weighted by atomic mass is 15.0. The maximum Gasteiger partial charge on any atom is 0.144 e. The molecular weight excluding hydrogens is 122 g/mol. The molecule has 0 spiro atoms. The third-order valence-corrected chi connectivity index (χ3v) is 1.25. The first-order chi connectivity index (χ1) is 4.52. The normalized spacial score (nSPS) is 11.0. The molecule has 10 heavy (non-hydrogen) atoms. The SMILES string of the molecule is C=[N+](CC(C)C)CC(C)C. The van der Waals surface area contributed by atoms with E-state index in [4.69, 9.17) is 0 Å². The molecule has 0 unspecified atom stereocenters. The fraction of sp³-hybridized carbons (Fsp3) is 0.889. The van der Waals surface area contributed by atoms with Crippen LogP contribution in [-0.4, -0.2) is 24.4 Å². The van der Waals surface area contributed by atoms with Crippen molar-refractivity contribution in [1.82, 2.24) is 0 Å². The second-order valence-electron chi connectivity index (χ2n) is 3.82. The lowest BCUT2D eigenvalue weighted by atomic mass is 10.2. The molecule has 0 atom stereocenters. The van der Waals surface area contributed by atoms with Gasteiger partial charge < -0.3 is 0 Å². The van der Waals surface area contributed by atoms with Crippen LogP contribution in [0.1, 0.15) is 27.7 Å². The Labute approximate surface area is 64.8 Å². The predicted octanol–water partition coefficient (Wildman–Crippen LogP) is 2.01. The quantitative estimate of drug-likeness (QED) is 0.417. The second kappa shape index (κ2) is 4.48. The summed E-state index contributed by atoms with van der Waals surface area (Å²) in [5.74, 6) is 1.47. The fourth-order valence-corrected chi connectivity index (χ4v) is 1.11. The predicted molar refractivity (Wildman–Crippen MR) is 46.8 cm³/mol. The summed E-state index contributed by atoms with van der Waals surface area (Å²) in [6.07, 6.45) is 0. The van der Waals surface area contributed by atoms with E-state index in [1.807, 2.05) is 0 Å². The van der Waals surface area contributed by atoms with Gasteiger partial charge in [0.15, 0.2) is 0 Å². The maximum absolute atomic E-state index is 3.95. The van der Waals surface area contributed by atoms with Gasteiger partial charge in [-0.2, -0.15) is 0 Å². The lowest BCUT2D eigenvalue weighted by Crippen LogP contribution is -2.20. The summed E-state index contributed by atoms with van der Waals surface area (Å²) in [5, 5.41) is 0. The third kappa shape index (κ3) is 5.80. The molecule has 0 radical (unpaired) electrons. The van der Waals surface area contributed by atoms with E-state index in [0.717, 1.165) is 24.9 Å². The minimum Gasteiger partial charge on any atom is -0.242 e. The van der Waals surface area contributed by atoms with Crippen molar-refractivity contribution in [3.05, 3.63) is 0 Å². The molecule has 1 heteroatoms. The smallest absolute Gasteiger partial charge is 0.144 e. The zero-order chi connectivity index (χ0) is 8.15. The Hall–Kier alpha value is -0.330. The van der Waals surface area contributed by atoms with Gasteiger partial charge in [-0.3, -0.25) is 0 Å². The van der Waals surface area contributed by atoms with Gasteiger partial charge in [-0.1, -0.05) is 27.7 Å². The summed E-state index contributed by atoms with van der Waals surface area (Å²) in [5.41, 5.74) is 0. The van der Waals surface area contributed by atoms with Crippen LogP contribution in [0.5, 0.6) is 0 Å². The molecule has 1 nitrogen and oxygen atoms in total. The average Bonchev–Trinajstić information content (AvgIpc) is 1.58. The average molecular weight is 142 g/mol. The summed E-state index contributed by atoms with van der Waals surface area (Å²) in [7, 11) is 0. The van der Waals surface area contributed by atoms with Crippen molar-refractivity contribution < 1.29 is 4.58 Å². The molecule has 0 aliphatic rings. The van der Waals surface area contributed by atoms with Gasteiger partial charge >= 0.3 is 0 Å². The molecule has 0 aliphatic heterocycles. The highest BCUT2D eigenvalue weighted by Crippen LogP contribution is 1.96. The number of rotatable bonds is 4. The number of hydrogen-bond acceptors (Lipinski definition) is 0. The van der Waals surface area contributed by atoms with Crippen LogP contribution in [0.3, 0.4) is 0 Å². The van der Waals surface area contributed by atoms with Gasteiger partial charge in [0.25, 0.3) is 0 Å². The summed E-state index contributed by atoms with van der Waals surface area (Å²) >= 11 is 0. The summed E-state index contributed by atoms with van der Waals surface area (Å²) in [4.78, 5) is 0. The van der Waals surface area contributed by atoms with Crippen LogP contribution in [0.25, 0.3) is 0 Å². The number of hydrogen-bond donors (Lipinski definition) is 0. The molecule has 60 valence electrons. The highest BCUT2D eigenvalue weighted by molar-refractivity contribution is 5.14. The Bertz CT molecular complexity index is 91.3. The highest BCUT2D eigenvalue weighted by Gasteiger charge is 2.05. The molecule has 0 aromatic rings. The first kappa shape index (κ1) is 9.67. The van der Waals surface area contributed by atoms with E-state index in [1.54, 1.807) is 0 Å². The van der Waals surface area contributed by atoms with E-state index >= 15 is 0 Å². The van der Waals surface area contributed by atoms with Gasteiger partial charge in [-0.25, -0.2) is 4.58 Å². The summed E-state index contributed by atoms with van der Waals surface area (Å²) in [6.45, 7) is 15.1. The van der Waals surface area contributed by atoms with Crippen molar-refractivity contribution in [3.63, 3.8) is 0 Å². The lowest BCUT2D eigenvalue weighted by Gasteiger charge is -2.05. The first-order valence-corrected chi connectivity index (χ1v) is 4.07. The standard InChI is InChI=1S/C9H20N/c1-8(2)6-10(5)7-9(3)4/h8-9H,5-7H2,1-4H3/q+1. The molecule has 0 heterocycles. The topological polar surface area (TPSA) is 3.01 Å². The van der Waals surface area contributed by atoms with Gasteiger partial charge in [0.05, 0.1) is 0 Å². The largest absolute Gasteiger partial charge is 0.242 e. The summed E-state index contributed by atoms with van der Waals surface area (Å²) in [6, 6.07) is 0. The van der Waals surface area contributed by atoms with E-state index in [2.05, 4.69) is 39.0 Å². The van der Waals surface area contributed by atoms with E-state index in [9.17, 15) is 0 Å². The Kier molecular flexibility index (Phi) is 4.33. The van der Waals surface area contributed by atoms with Crippen LogP contribution < -0.4 is 0 Å². The molecule has 0 aromatic carbocycles. The van der Waals surface area contributed by atoms with E-state index in [-0.39, 0.29) is 0 Å². The van der Waals surface area contributed by atoms with Crippen LogP contribution in [0.4, 0.5) is 0 Å². The van der Waals surface area contributed by atoms with Crippen LogP contribution in [-0.2, 0) is 0 Å². The molecule has 0 bridgehead atoms. The third-order valence-electron chi connectivity index (χ3n) is 1.25. The van der Waals surface area contributed by atoms with Crippen molar-refractivity contribution >= 4 is 6.72 Å². The van der Waals surface area contributed by atoms with E-state index < -0.39 is 0 Å². The zero-order valence-corrected chi connectivity index (χ0v) is 7.72. The Morgan fingerprint density at radius 2 is 1.30 bits per heavy atom. The molecule has 0 saturated heterocycles.